The van der Waals surface area contributed by atoms with Crippen LogP contribution in [0.4, 0.5) is 4.79 Å². The molecule has 0 heterocycles. The molecule has 0 aromatic heterocycles. The van der Waals surface area contributed by atoms with Crippen LogP contribution in [0.2, 0.25) is 0 Å². The van der Waals surface area contributed by atoms with Crippen LogP contribution in [0.3, 0.4) is 0 Å². The molecule has 0 aromatic carbocycles. The van der Waals surface area contributed by atoms with Gasteiger partial charge in [-0.25, -0.2) is 4.79 Å². The van der Waals surface area contributed by atoms with Gasteiger partial charge in [-0.2, -0.15) is 0 Å². The largest absolute Gasteiger partial charge is 0.444 e. The van der Waals surface area contributed by atoms with Gasteiger partial charge in [0.15, 0.2) is 5.96 Å². The Morgan fingerprint density at radius 3 is 2.17 bits per heavy atom. The predicted octanol–water partition coefficient (Wildman–Crippen LogP) is 2.92. The van der Waals surface area contributed by atoms with E-state index in [4.69, 9.17) is 4.74 Å². The second-order valence-electron chi connectivity index (χ2n) is 9.46. The number of aliphatic imine (C=N–C) groups is 1. The third-order valence-corrected chi connectivity index (χ3v) is 5.15. The Balaban J connectivity index is 0.00000841. The van der Waals surface area contributed by atoms with E-state index in [1.807, 2.05) is 34.9 Å². The quantitative estimate of drug-likeness (QED) is 0.295. The first-order chi connectivity index (χ1) is 13.4. The van der Waals surface area contributed by atoms with E-state index in [-0.39, 0.29) is 47.3 Å². The standard InChI is InChI=1S/C21H41N5O3.HI/c1-16(14-26(8)19(28)29-20(2,3)4)13-23-18(22-5)24-15-21(11-9-10-12-21)17(27)25(6)7;/h16H,9-15H2,1-8H3,(H2,22,23,24);1H. The number of ether oxygens (including phenoxy) is 1. The maximum absolute atomic E-state index is 12.7. The van der Waals surface area contributed by atoms with Crippen LogP contribution in [-0.4, -0.2) is 81.2 Å². The van der Waals surface area contributed by atoms with Crippen molar-refractivity contribution < 1.29 is 14.3 Å². The monoisotopic (exact) mass is 539 g/mol. The first kappa shape index (κ1) is 28.7. The number of amides is 2. The number of hydrogen-bond acceptors (Lipinski definition) is 4. The van der Waals surface area contributed by atoms with Crippen LogP contribution in [0.15, 0.2) is 4.99 Å². The van der Waals surface area contributed by atoms with Gasteiger partial charge in [0.25, 0.3) is 0 Å². The van der Waals surface area contributed by atoms with Crippen LogP contribution in [-0.2, 0) is 9.53 Å². The van der Waals surface area contributed by atoms with Gasteiger partial charge in [-0.15, -0.1) is 24.0 Å². The lowest BCUT2D eigenvalue weighted by Gasteiger charge is -2.31. The van der Waals surface area contributed by atoms with E-state index in [0.717, 1.165) is 25.7 Å². The van der Waals surface area contributed by atoms with Gasteiger partial charge in [-0.1, -0.05) is 19.8 Å². The minimum Gasteiger partial charge on any atom is -0.444 e. The fourth-order valence-electron chi connectivity index (χ4n) is 3.68. The molecule has 0 aromatic rings. The zero-order chi connectivity index (χ0) is 22.2. The molecule has 0 spiro atoms. The highest BCUT2D eigenvalue weighted by atomic mass is 127. The molecule has 0 radical (unpaired) electrons. The second-order valence-corrected chi connectivity index (χ2v) is 9.46. The Hall–Kier alpha value is -1.26. The number of carbonyl (C=O) groups is 2. The Morgan fingerprint density at radius 2 is 1.70 bits per heavy atom. The van der Waals surface area contributed by atoms with Crippen molar-refractivity contribution in [2.45, 2.75) is 59.0 Å². The minimum absolute atomic E-state index is 0. The summed E-state index contributed by atoms with van der Waals surface area (Å²) in [7, 11) is 7.10. The first-order valence-electron chi connectivity index (χ1n) is 10.5. The van der Waals surface area contributed by atoms with Gasteiger partial charge < -0.3 is 25.2 Å². The summed E-state index contributed by atoms with van der Waals surface area (Å²) in [5, 5.41) is 6.64. The normalized spacial score (nSPS) is 16.9. The third-order valence-electron chi connectivity index (χ3n) is 5.15. The zero-order valence-corrected chi connectivity index (χ0v) is 22.3. The van der Waals surface area contributed by atoms with Crippen LogP contribution in [0.5, 0.6) is 0 Å². The van der Waals surface area contributed by atoms with Gasteiger partial charge in [0, 0.05) is 47.8 Å². The molecule has 9 heteroatoms. The summed E-state index contributed by atoms with van der Waals surface area (Å²) < 4.78 is 5.39. The molecule has 2 N–H and O–H groups in total. The lowest BCUT2D eigenvalue weighted by Crippen LogP contribution is -2.50. The molecule has 8 nitrogen and oxygen atoms in total. The first-order valence-corrected chi connectivity index (χ1v) is 10.5. The molecule has 2 amide bonds. The maximum Gasteiger partial charge on any atom is 0.410 e. The van der Waals surface area contributed by atoms with Crippen molar-refractivity contribution in [3.8, 4) is 0 Å². The lowest BCUT2D eigenvalue weighted by atomic mass is 9.84. The van der Waals surface area contributed by atoms with E-state index in [1.165, 1.54) is 0 Å². The molecular formula is C21H42IN5O3. The number of guanidine groups is 1. The van der Waals surface area contributed by atoms with E-state index in [2.05, 4.69) is 22.5 Å². The van der Waals surface area contributed by atoms with Crippen molar-refractivity contribution in [3.05, 3.63) is 0 Å². The molecule has 1 rings (SSSR count). The molecule has 1 saturated carbocycles. The summed E-state index contributed by atoms with van der Waals surface area (Å²) in [5.74, 6) is 1.06. The fourth-order valence-corrected chi connectivity index (χ4v) is 3.68. The Bertz CT molecular complexity index is 584. The second kappa shape index (κ2) is 12.6. The van der Waals surface area contributed by atoms with Gasteiger partial charge >= 0.3 is 6.09 Å². The summed E-state index contributed by atoms with van der Waals surface area (Å²) >= 11 is 0. The third kappa shape index (κ3) is 9.26. The van der Waals surface area contributed by atoms with Gasteiger partial charge in [-0.05, 0) is 39.5 Å². The van der Waals surface area contributed by atoms with Crippen LogP contribution >= 0.6 is 24.0 Å². The number of nitrogens with one attached hydrogen (secondary N) is 2. The molecular weight excluding hydrogens is 497 g/mol. The smallest absolute Gasteiger partial charge is 0.410 e. The van der Waals surface area contributed by atoms with E-state index < -0.39 is 5.60 Å². The van der Waals surface area contributed by atoms with Crippen molar-refractivity contribution in [2.75, 3.05) is 47.8 Å². The average molecular weight is 540 g/mol. The van der Waals surface area contributed by atoms with Crippen molar-refractivity contribution >= 4 is 41.9 Å². The molecule has 1 aliphatic carbocycles. The number of carbonyl (C=O) groups excluding carboxylic acids is 2. The van der Waals surface area contributed by atoms with Gasteiger partial charge in [-0.3, -0.25) is 9.79 Å². The van der Waals surface area contributed by atoms with Crippen LogP contribution in [0, 0.1) is 11.3 Å². The zero-order valence-electron chi connectivity index (χ0n) is 20.0. The Kier molecular flexibility index (Phi) is 12.0. The summed E-state index contributed by atoms with van der Waals surface area (Å²) in [6, 6.07) is 0. The molecule has 30 heavy (non-hydrogen) atoms. The summed E-state index contributed by atoms with van der Waals surface area (Å²) in [4.78, 5) is 32.4. The molecule has 0 bridgehead atoms. The van der Waals surface area contributed by atoms with Crippen molar-refractivity contribution in [3.63, 3.8) is 0 Å². The molecule has 1 fully saturated rings. The van der Waals surface area contributed by atoms with Crippen LogP contribution < -0.4 is 10.6 Å². The highest BCUT2D eigenvalue weighted by Gasteiger charge is 2.42. The number of nitrogens with zero attached hydrogens (tertiary/aromatic N) is 3. The number of rotatable bonds is 7. The average Bonchev–Trinajstić information content (AvgIpc) is 3.09. The predicted molar refractivity (Wildman–Crippen MR) is 132 cm³/mol. The molecule has 0 aliphatic heterocycles. The van der Waals surface area contributed by atoms with E-state index in [0.29, 0.717) is 25.6 Å². The van der Waals surface area contributed by atoms with Crippen molar-refractivity contribution in [1.82, 2.24) is 20.4 Å². The van der Waals surface area contributed by atoms with E-state index >= 15 is 0 Å². The lowest BCUT2D eigenvalue weighted by molar-refractivity contribution is -0.138. The maximum atomic E-state index is 12.7. The molecule has 1 unspecified atom stereocenters. The van der Waals surface area contributed by atoms with Crippen molar-refractivity contribution in [2.24, 2.45) is 16.3 Å². The van der Waals surface area contributed by atoms with Gasteiger partial charge in [0.1, 0.15) is 5.60 Å². The van der Waals surface area contributed by atoms with Crippen LogP contribution in [0.1, 0.15) is 53.4 Å². The molecule has 0 saturated heterocycles. The molecule has 1 atom stereocenters. The topological polar surface area (TPSA) is 86.3 Å². The molecule has 1 aliphatic rings. The van der Waals surface area contributed by atoms with E-state index in [1.54, 1.807) is 23.9 Å². The Morgan fingerprint density at radius 1 is 1.13 bits per heavy atom. The molecule has 176 valence electrons. The minimum atomic E-state index is -0.501. The summed E-state index contributed by atoms with van der Waals surface area (Å²) in [6.07, 6.45) is 3.66. The summed E-state index contributed by atoms with van der Waals surface area (Å²) in [5.41, 5.74) is -0.845. The van der Waals surface area contributed by atoms with E-state index in [9.17, 15) is 9.59 Å². The SMILES string of the molecule is CN=C(NCC(C)CN(C)C(=O)OC(C)(C)C)NCC1(C(=O)N(C)C)CCCC1.I. The number of hydrogen-bond donors (Lipinski definition) is 2. The van der Waals surface area contributed by atoms with Gasteiger partial charge in [0.2, 0.25) is 5.91 Å². The Labute approximate surface area is 199 Å². The van der Waals surface area contributed by atoms with Crippen molar-refractivity contribution in [1.29, 1.82) is 0 Å². The van der Waals surface area contributed by atoms with Crippen LogP contribution in [0.25, 0.3) is 0 Å². The summed E-state index contributed by atoms with van der Waals surface area (Å²) in [6.45, 7) is 9.45. The highest BCUT2D eigenvalue weighted by molar-refractivity contribution is 14.0. The fraction of sp³-hybridized carbons (Fsp3) is 0.857. The number of halogens is 1. The van der Waals surface area contributed by atoms with Gasteiger partial charge in [0.05, 0.1) is 5.41 Å². The highest BCUT2D eigenvalue weighted by Crippen LogP contribution is 2.38.